The Morgan fingerprint density at radius 3 is 1.28 bits per heavy atom. The maximum Gasteiger partial charge on any atom is 0.159 e. The van der Waals surface area contributed by atoms with E-state index in [1.165, 1.54) is 11.1 Å². The van der Waals surface area contributed by atoms with Gasteiger partial charge in [-0.2, -0.15) is 5.26 Å². The Morgan fingerprint density at radius 2 is 0.795 bits per heavy atom. The van der Waals surface area contributed by atoms with Crippen molar-refractivity contribution >= 4 is 143 Å². The molecule has 374 valence electrons. The molecule has 78 heavy (non-hydrogen) atoms. The van der Waals surface area contributed by atoms with Crippen LogP contribution < -0.4 is 9.80 Å². The van der Waals surface area contributed by atoms with Crippen molar-refractivity contribution in [3.63, 3.8) is 0 Å². The van der Waals surface area contributed by atoms with Crippen LogP contribution in [0.5, 0.6) is 0 Å². The summed E-state index contributed by atoms with van der Waals surface area (Å²) in [5.41, 5.74) is 14.5. The topological polar surface area (TPSA) is 82.8 Å². The maximum atomic E-state index is 11.0. The van der Waals surface area contributed by atoms with Crippen molar-refractivity contribution in [3.8, 4) is 6.07 Å². The van der Waals surface area contributed by atoms with Crippen LogP contribution in [0.2, 0.25) is 0 Å². The van der Waals surface area contributed by atoms with Crippen molar-refractivity contribution in [2.45, 2.75) is 52.4 Å². The van der Waals surface area contributed by atoms with Crippen molar-refractivity contribution < 1.29 is 17.7 Å². The van der Waals surface area contributed by atoms with E-state index >= 15 is 0 Å². The number of nitriles is 1. The number of hydrogen-bond acceptors (Lipinski definition) is 7. The van der Waals surface area contributed by atoms with Crippen LogP contribution in [0.15, 0.2) is 218 Å². The Hall–Kier alpha value is -9.77. The van der Waals surface area contributed by atoms with Crippen LogP contribution >= 0.6 is 0 Å². The molecule has 0 saturated carbocycles. The summed E-state index contributed by atoms with van der Waals surface area (Å²) in [6, 6.07) is 72.7. The number of rotatable bonds is 6. The smallest absolute Gasteiger partial charge is 0.159 e. The van der Waals surface area contributed by atoms with Crippen molar-refractivity contribution in [1.82, 2.24) is 0 Å². The van der Waals surface area contributed by atoms with Crippen molar-refractivity contribution in [2.24, 2.45) is 0 Å². The van der Waals surface area contributed by atoms with Crippen LogP contribution in [0, 0.1) is 11.3 Å². The molecule has 0 saturated heterocycles. The molecule has 0 bridgehead atoms. The molecule has 7 heteroatoms. The number of nitrogens with zero attached hydrogens (tertiary/aromatic N) is 3. The van der Waals surface area contributed by atoms with Gasteiger partial charge in [-0.25, -0.2) is 0 Å². The molecule has 0 aliphatic carbocycles. The molecule has 0 fully saturated rings. The van der Waals surface area contributed by atoms with E-state index in [0.717, 1.165) is 121 Å². The van der Waals surface area contributed by atoms with Crippen molar-refractivity contribution in [1.29, 1.82) is 5.26 Å². The number of anilines is 6. The van der Waals surface area contributed by atoms with Crippen molar-refractivity contribution in [2.75, 3.05) is 9.80 Å². The molecule has 0 amide bonds. The van der Waals surface area contributed by atoms with Crippen LogP contribution in [-0.4, -0.2) is 0 Å². The fourth-order valence-electron chi connectivity index (χ4n) is 12.2. The van der Waals surface area contributed by atoms with E-state index in [1.54, 1.807) is 0 Å². The van der Waals surface area contributed by atoms with Gasteiger partial charge in [0.2, 0.25) is 0 Å². The third-order valence-electron chi connectivity index (χ3n) is 15.8. The summed E-state index contributed by atoms with van der Waals surface area (Å²) < 4.78 is 27.4. The highest BCUT2D eigenvalue weighted by atomic mass is 16.3. The third kappa shape index (κ3) is 6.89. The van der Waals surface area contributed by atoms with Crippen LogP contribution in [0.25, 0.3) is 109 Å². The highest BCUT2D eigenvalue weighted by Gasteiger charge is 2.27. The first kappa shape index (κ1) is 45.6. The van der Waals surface area contributed by atoms with Crippen LogP contribution in [0.3, 0.4) is 0 Å². The minimum atomic E-state index is -0.0986. The first-order chi connectivity index (χ1) is 37.9. The average molecular weight is 1010 g/mol. The van der Waals surface area contributed by atoms with Crippen LogP contribution in [-0.2, 0) is 10.8 Å². The summed E-state index contributed by atoms with van der Waals surface area (Å²) in [7, 11) is 0. The van der Waals surface area contributed by atoms with E-state index in [9.17, 15) is 5.26 Å². The predicted molar refractivity (Wildman–Crippen MR) is 322 cm³/mol. The van der Waals surface area contributed by atoms with Gasteiger partial charge >= 0.3 is 0 Å². The molecule has 15 aromatic rings. The molecule has 15 rings (SSSR count). The third-order valence-corrected chi connectivity index (χ3v) is 15.8. The Kier molecular flexibility index (Phi) is 9.71. The quantitative estimate of drug-likeness (QED) is 0.164. The lowest BCUT2D eigenvalue weighted by atomic mass is 9.86. The number of benzene rings is 11. The second-order valence-electron chi connectivity index (χ2n) is 22.8. The molecule has 4 heterocycles. The van der Waals surface area contributed by atoms with Gasteiger partial charge in [-0.1, -0.05) is 151 Å². The van der Waals surface area contributed by atoms with Crippen LogP contribution in [0.4, 0.5) is 34.1 Å². The standard InChI is InChI=1S/C71H51N3O4/c1-70(2,3)57-25-13-21-49-51-23-15-27-59(68(51)77-66(49)57)73(45-17-9-7-10-18-45)47-31-29-41-35-53-54-39-63-64(56(40-72)65(54)76-61(53)37-43(41)33-47)55-36-42-30-32-48(34-44(42)38-62(55)75-63)74(46-19-11-8-12-20-46)60-28-16-24-52-50-22-14-26-58(71(4,5)6)67(50)78-69(52)60/h7-39H,1-6H3. The molecule has 0 atom stereocenters. The molecule has 0 aliphatic rings. The molecule has 0 radical (unpaired) electrons. The lowest BCUT2D eigenvalue weighted by molar-refractivity contribution is 0.572. The highest BCUT2D eigenvalue weighted by molar-refractivity contribution is 6.21. The predicted octanol–water partition coefficient (Wildman–Crippen LogP) is 21.0. The Morgan fingerprint density at radius 1 is 0.333 bits per heavy atom. The van der Waals surface area contributed by atoms with E-state index < -0.39 is 0 Å². The van der Waals surface area contributed by atoms with Gasteiger partial charge in [-0.3, -0.25) is 0 Å². The van der Waals surface area contributed by atoms with Gasteiger partial charge in [-0.15, -0.1) is 0 Å². The van der Waals surface area contributed by atoms with E-state index in [2.05, 4.69) is 239 Å². The second kappa shape index (κ2) is 16.6. The van der Waals surface area contributed by atoms with Gasteiger partial charge in [0, 0.05) is 77.0 Å². The summed E-state index contributed by atoms with van der Waals surface area (Å²) in [5.74, 6) is 0. The fourth-order valence-corrected chi connectivity index (χ4v) is 12.2. The summed E-state index contributed by atoms with van der Waals surface area (Å²) >= 11 is 0. The lowest BCUT2D eigenvalue weighted by Gasteiger charge is -2.25. The van der Waals surface area contributed by atoms with Gasteiger partial charge in [0.05, 0.1) is 11.4 Å². The summed E-state index contributed by atoms with van der Waals surface area (Å²) in [4.78, 5) is 4.54. The number of para-hydroxylation sites is 6. The molecule has 4 aromatic heterocycles. The molecular formula is C71H51N3O4. The summed E-state index contributed by atoms with van der Waals surface area (Å²) in [5, 5.41) is 22.8. The zero-order chi connectivity index (χ0) is 52.8. The summed E-state index contributed by atoms with van der Waals surface area (Å²) in [6.45, 7) is 13.4. The first-order valence-corrected chi connectivity index (χ1v) is 26.6. The normalized spacial score (nSPS) is 12.5. The zero-order valence-corrected chi connectivity index (χ0v) is 44.0. The first-order valence-electron chi connectivity index (χ1n) is 26.6. The second-order valence-corrected chi connectivity index (χ2v) is 22.8. The molecule has 7 nitrogen and oxygen atoms in total. The molecule has 0 spiro atoms. The minimum absolute atomic E-state index is 0.0986. The maximum absolute atomic E-state index is 11.0. The Bertz CT molecular complexity index is 4820. The average Bonchev–Trinajstić information content (AvgIpc) is 4.39. The number of fused-ring (bicyclic) bond motifs is 14. The Balaban J connectivity index is 0.848. The fraction of sp³-hybridized carbons (Fsp3) is 0.113. The van der Waals surface area contributed by atoms with Gasteiger partial charge < -0.3 is 27.5 Å². The van der Waals surface area contributed by atoms with Gasteiger partial charge in [0.15, 0.2) is 16.7 Å². The highest BCUT2D eigenvalue weighted by Crippen LogP contribution is 2.48. The number of hydrogen-bond donors (Lipinski definition) is 0. The van der Waals surface area contributed by atoms with Crippen LogP contribution in [0.1, 0.15) is 58.2 Å². The molecule has 0 aliphatic heterocycles. The van der Waals surface area contributed by atoms with E-state index in [-0.39, 0.29) is 10.8 Å². The summed E-state index contributed by atoms with van der Waals surface area (Å²) in [6.07, 6.45) is 0. The molecule has 0 unspecified atom stereocenters. The SMILES string of the molecule is CC(C)(C)c1cccc2c1oc1c(N(c3ccccc3)c3ccc4cc5c(cc4c3)oc3c(C#N)c4c(cc35)oc3cc5cc(N(c6ccccc6)c6cccc7c6oc6c(C(C)(C)C)cccc67)ccc5cc34)cccc12. The minimum Gasteiger partial charge on any atom is -0.456 e. The van der Waals surface area contributed by atoms with E-state index in [1.807, 2.05) is 18.2 Å². The monoisotopic (exact) mass is 1010 g/mol. The zero-order valence-electron chi connectivity index (χ0n) is 44.0. The van der Waals surface area contributed by atoms with Gasteiger partial charge in [0.25, 0.3) is 0 Å². The van der Waals surface area contributed by atoms with Crippen molar-refractivity contribution in [3.05, 3.63) is 217 Å². The van der Waals surface area contributed by atoms with E-state index in [4.69, 9.17) is 17.7 Å². The molecular weight excluding hydrogens is 959 g/mol. The molecule has 0 N–H and O–H groups in total. The molecule has 11 aromatic carbocycles. The van der Waals surface area contributed by atoms with Gasteiger partial charge in [-0.05, 0) is 123 Å². The van der Waals surface area contributed by atoms with Gasteiger partial charge in [0.1, 0.15) is 39.5 Å². The number of furan rings is 4. The van der Waals surface area contributed by atoms with E-state index in [0.29, 0.717) is 27.9 Å². The largest absolute Gasteiger partial charge is 0.456 e. The Labute approximate surface area is 449 Å². The lowest BCUT2D eigenvalue weighted by Crippen LogP contribution is -2.11.